The molecule has 4 amide bonds. The van der Waals surface area contributed by atoms with E-state index in [2.05, 4.69) is 33.2 Å². The highest BCUT2D eigenvalue weighted by Crippen LogP contribution is 2.33. The maximum Gasteiger partial charge on any atom is 0.325 e. The first-order valence-electron chi connectivity index (χ1n) is 12.5. The van der Waals surface area contributed by atoms with Gasteiger partial charge in [0, 0.05) is 9.49 Å². The minimum Gasteiger partial charge on any atom is -0.493 e. The van der Waals surface area contributed by atoms with Crippen molar-refractivity contribution in [2.45, 2.75) is 37.8 Å². The van der Waals surface area contributed by atoms with Gasteiger partial charge < -0.3 is 15.4 Å². The van der Waals surface area contributed by atoms with Gasteiger partial charge in [-0.15, -0.1) is 0 Å². The van der Waals surface area contributed by atoms with E-state index in [0.717, 1.165) is 19.8 Å². The van der Waals surface area contributed by atoms with Gasteiger partial charge in [0.05, 0.1) is 17.3 Å². The monoisotopic (exact) mass is 643 g/mol. The molecule has 2 aliphatic rings. The second kappa shape index (κ2) is 11.3. The van der Waals surface area contributed by atoms with E-state index in [1.165, 1.54) is 12.8 Å². The summed E-state index contributed by atoms with van der Waals surface area (Å²) in [7, 11) is 0. The molecule has 0 bridgehead atoms. The summed E-state index contributed by atoms with van der Waals surface area (Å²) in [6.45, 7) is 2.51. The molecule has 196 valence electrons. The number of nitrogens with one attached hydrogen (secondary N) is 2. The van der Waals surface area contributed by atoms with Gasteiger partial charge in [-0.1, -0.05) is 61.0 Å². The lowest BCUT2D eigenvalue weighted by molar-refractivity contribution is -0.134. The minimum absolute atomic E-state index is 0.371. The Morgan fingerprint density at radius 1 is 1.11 bits per heavy atom. The van der Waals surface area contributed by atoms with Gasteiger partial charge in [-0.2, -0.15) is 0 Å². The van der Waals surface area contributed by atoms with Crippen molar-refractivity contribution in [1.82, 2.24) is 10.2 Å². The molecule has 1 unspecified atom stereocenters. The number of urea groups is 1. The summed E-state index contributed by atoms with van der Waals surface area (Å²) in [5, 5.41) is 5.97. The van der Waals surface area contributed by atoms with Gasteiger partial charge in [0.1, 0.15) is 17.8 Å². The molecule has 38 heavy (non-hydrogen) atoms. The van der Waals surface area contributed by atoms with Crippen molar-refractivity contribution in [3.05, 3.63) is 92.5 Å². The molecule has 3 aromatic carbocycles. The van der Waals surface area contributed by atoms with Crippen LogP contribution in [-0.4, -0.2) is 35.4 Å². The summed E-state index contributed by atoms with van der Waals surface area (Å²) in [5.74, 6) is -0.122. The number of carbonyl (C=O) groups excluding carboxylic acids is 3. The Morgan fingerprint density at radius 3 is 2.47 bits per heavy atom. The number of ether oxygens (including phenoxy) is 1. The number of hydrogen-bond donors (Lipinski definition) is 2. The van der Waals surface area contributed by atoms with Crippen molar-refractivity contribution < 1.29 is 19.1 Å². The van der Waals surface area contributed by atoms with Crippen molar-refractivity contribution in [1.29, 1.82) is 0 Å². The quantitative estimate of drug-likeness (QED) is 0.217. The van der Waals surface area contributed by atoms with E-state index in [4.69, 9.17) is 16.3 Å². The van der Waals surface area contributed by atoms with E-state index in [9.17, 15) is 14.4 Å². The average Bonchev–Trinajstić information content (AvgIpc) is 3.70. The first-order chi connectivity index (χ1) is 18.3. The van der Waals surface area contributed by atoms with Crippen LogP contribution in [0.2, 0.25) is 5.02 Å². The van der Waals surface area contributed by atoms with Crippen LogP contribution < -0.4 is 15.4 Å². The summed E-state index contributed by atoms with van der Waals surface area (Å²) in [6.07, 6.45) is 2.39. The molecule has 1 aliphatic carbocycles. The Hall–Kier alpha value is -3.11. The number of carbonyl (C=O) groups is 3. The van der Waals surface area contributed by atoms with Crippen LogP contribution in [-0.2, 0) is 9.59 Å². The van der Waals surface area contributed by atoms with Crippen LogP contribution in [0.4, 0.5) is 10.5 Å². The van der Waals surface area contributed by atoms with Crippen molar-refractivity contribution in [2.75, 3.05) is 11.9 Å². The van der Waals surface area contributed by atoms with Crippen molar-refractivity contribution in [3.63, 3.8) is 0 Å². The largest absolute Gasteiger partial charge is 0.493 e. The zero-order valence-corrected chi connectivity index (χ0v) is 23.6. The normalized spacial score (nSPS) is 18.6. The molecule has 7 nitrogen and oxygen atoms in total. The first kappa shape index (κ1) is 26.5. The number of rotatable bonds is 9. The minimum atomic E-state index is -1.11. The van der Waals surface area contributed by atoms with Crippen LogP contribution in [0.5, 0.6) is 5.75 Å². The van der Waals surface area contributed by atoms with E-state index >= 15 is 0 Å². The topological polar surface area (TPSA) is 87.7 Å². The lowest BCUT2D eigenvalue weighted by Crippen LogP contribution is -2.50. The van der Waals surface area contributed by atoms with Crippen molar-refractivity contribution >= 4 is 57.7 Å². The van der Waals surface area contributed by atoms with Crippen LogP contribution >= 0.6 is 34.2 Å². The predicted molar refractivity (Wildman–Crippen MR) is 154 cm³/mol. The van der Waals surface area contributed by atoms with Crippen LogP contribution in [0, 0.1) is 9.49 Å². The fourth-order valence-corrected chi connectivity index (χ4v) is 5.45. The van der Waals surface area contributed by atoms with Crippen LogP contribution in [0.15, 0.2) is 72.8 Å². The Kier molecular flexibility index (Phi) is 7.90. The number of amides is 4. The van der Waals surface area contributed by atoms with Crippen molar-refractivity contribution in [3.8, 4) is 5.75 Å². The summed E-state index contributed by atoms with van der Waals surface area (Å²) in [4.78, 5) is 41.6. The van der Waals surface area contributed by atoms with Gasteiger partial charge in [-0.3, -0.25) is 9.59 Å². The molecular formula is C29H27ClIN3O4. The third-order valence-corrected chi connectivity index (χ3v) is 7.89. The van der Waals surface area contributed by atoms with Gasteiger partial charge >= 0.3 is 6.03 Å². The number of hydrogen-bond acceptors (Lipinski definition) is 4. The highest BCUT2D eigenvalue weighted by Gasteiger charge is 2.47. The molecule has 3 atom stereocenters. The molecule has 1 saturated heterocycles. The molecule has 2 fully saturated rings. The molecule has 9 heteroatoms. The van der Waals surface area contributed by atoms with Crippen molar-refractivity contribution in [2.24, 2.45) is 5.92 Å². The third kappa shape index (κ3) is 5.81. The smallest absolute Gasteiger partial charge is 0.325 e. The first-order valence-corrected chi connectivity index (χ1v) is 13.9. The molecular weight excluding hydrogens is 617 g/mol. The Bertz CT molecular complexity index is 1350. The second-order valence-electron chi connectivity index (χ2n) is 9.67. The van der Waals surface area contributed by atoms with E-state index in [0.29, 0.717) is 28.8 Å². The molecule has 0 aromatic heterocycles. The third-order valence-electron chi connectivity index (χ3n) is 6.90. The standard InChI is InChI=1S/C29H27ClIN3O4/c1-17(19-5-3-2-4-6-19)26(27(35)32-24-14-11-21(31)15-23(24)30)34-28(36)25(33-29(34)37)20-9-12-22(13-10-20)38-16-18-7-8-18/h2-6,9-15,17-18,25-26H,7-8,16H2,1H3,(H,32,35)(H,33,37)/t17-,25+,26?/m0/s1. The summed E-state index contributed by atoms with van der Waals surface area (Å²) < 4.78 is 6.71. The number of anilines is 1. The van der Waals surface area contributed by atoms with E-state index in [1.807, 2.05) is 43.3 Å². The molecule has 1 heterocycles. The summed E-state index contributed by atoms with van der Waals surface area (Å²) in [6, 6.07) is 19.1. The number of imide groups is 1. The Morgan fingerprint density at radius 2 is 1.82 bits per heavy atom. The average molecular weight is 644 g/mol. The zero-order chi connectivity index (χ0) is 26.8. The van der Waals surface area contributed by atoms with E-state index in [1.54, 1.807) is 36.4 Å². The van der Waals surface area contributed by atoms with E-state index < -0.39 is 35.8 Å². The Balaban J connectivity index is 1.41. The van der Waals surface area contributed by atoms with Gasteiger partial charge in [0.2, 0.25) is 5.91 Å². The molecule has 0 radical (unpaired) electrons. The lowest BCUT2D eigenvalue weighted by Gasteiger charge is -2.30. The molecule has 1 saturated carbocycles. The predicted octanol–water partition coefficient (Wildman–Crippen LogP) is 6.14. The van der Waals surface area contributed by atoms with Gasteiger partial charge in [0.15, 0.2) is 0 Å². The highest BCUT2D eigenvalue weighted by atomic mass is 127. The number of nitrogens with zero attached hydrogens (tertiary/aromatic N) is 1. The zero-order valence-electron chi connectivity index (χ0n) is 20.7. The summed E-state index contributed by atoms with van der Waals surface area (Å²) >= 11 is 8.49. The number of halogens is 2. The molecule has 2 N–H and O–H groups in total. The molecule has 3 aromatic rings. The fourth-order valence-electron chi connectivity index (χ4n) is 4.54. The van der Waals surface area contributed by atoms with Crippen LogP contribution in [0.1, 0.15) is 42.9 Å². The molecule has 0 spiro atoms. The molecule has 1 aliphatic heterocycles. The second-order valence-corrected chi connectivity index (χ2v) is 11.3. The van der Waals surface area contributed by atoms with Gasteiger partial charge in [-0.05, 0) is 82.8 Å². The Labute approximate surface area is 240 Å². The molecule has 5 rings (SSSR count). The van der Waals surface area contributed by atoms with Crippen LogP contribution in [0.3, 0.4) is 0 Å². The SMILES string of the molecule is C[C@@H](c1ccccc1)C(C(=O)Nc1ccc(I)cc1Cl)N1C(=O)N[C@H](c2ccc(OCC3CC3)cc2)C1=O. The van der Waals surface area contributed by atoms with Gasteiger partial charge in [-0.25, -0.2) is 9.69 Å². The number of benzene rings is 3. The highest BCUT2D eigenvalue weighted by molar-refractivity contribution is 14.1. The van der Waals surface area contributed by atoms with Crippen LogP contribution in [0.25, 0.3) is 0 Å². The maximum atomic E-state index is 13.7. The summed E-state index contributed by atoms with van der Waals surface area (Å²) in [5.41, 5.74) is 1.85. The lowest BCUT2D eigenvalue weighted by atomic mass is 9.91. The van der Waals surface area contributed by atoms with Gasteiger partial charge in [0.25, 0.3) is 5.91 Å². The maximum absolute atomic E-state index is 13.7. The fraction of sp³-hybridized carbons (Fsp3) is 0.276. The van der Waals surface area contributed by atoms with E-state index in [-0.39, 0.29) is 0 Å².